The zero-order valence-corrected chi connectivity index (χ0v) is 22.2. The molecule has 4 saturated carbocycles. The van der Waals surface area contributed by atoms with Crippen LogP contribution in [-0.2, 0) is 9.53 Å². The first kappa shape index (κ1) is 25.5. The van der Waals surface area contributed by atoms with E-state index in [9.17, 15) is 15.0 Å². The fourth-order valence-electron chi connectivity index (χ4n) is 9.52. The maximum atomic E-state index is 12.4. The molecule has 2 N–H and O–H groups in total. The SMILES string of the molecule is CC(=O)O[C@H]1CC[C@]2(C)[C@H]3CC[C@]4(C)[C@@H]([C@H](C)CCCC(C)C)CC[C@@]4(O)[C@@H]3CC[C@@]2(O)C1. The van der Waals surface area contributed by atoms with Gasteiger partial charge in [0.2, 0.25) is 0 Å². The van der Waals surface area contributed by atoms with E-state index in [-0.39, 0.29) is 28.8 Å². The van der Waals surface area contributed by atoms with Crippen molar-refractivity contribution in [1.82, 2.24) is 0 Å². The normalized spacial score (nSPS) is 48.0. The van der Waals surface area contributed by atoms with Gasteiger partial charge in [0.1, 0.15) is 6.10 Å². The lowest BCUT2D eigenvalue weighted by molar-refractivity contribution is -0.258. The van der Waals surface area contributed by atoms with Gasteiger partial charge in [0.25, 0.3) is 0 Å². The summed E-state index contributed by atoms with van der Waals surface area (Å²) in [5.74, 6) is 2.41. The minimum absolute atomic E-state index is 0.00777. The van der Waals surface area contributed by atoms with Crippen LogP contribution in [0, 0.1) is 40.4 Å². The zero-order chi connectivity index (χ0) is 24.2. The van der Waals surface area contributed by atoms with Crippen molar-refractivity contribution in [3.05, 3.63) is 0 Å². The molecule has 33 heavy (non-hydrogen) atoms. The first-order chi connectivity index (χ1) is 15.4. The monoisotopic (exact) mass is 462 g/mol. The maximum Gasteiger partial charge on any atom is 0.302 e. The molecule has 4 heteroatoms. The van der Waals surface area contributed by atoms with Crippen LogP contribution < -0.4 is 0 Å². The molecule has 0 unspecified atom stereocenters. The molecule has 0 aromatic rings. The van der Waals surface area contributed by atoms with Gasteiger partial charge in [-0.15, -0.1) is 0 Å². The van der Waals surface area contributed by atoms with E-state index in [1.807, 2.05) is 0 Å². The van der Waals surface area contributed by atoms with Gasteiger partial charge < -0.3 is 14.9 Å². The fourth-order valence-corrected chi connectivity index (χ4v) is 9.52. The Bertz CT molecular complexity index is 735. The Labute approximate surface area is 202 Å². The second kappa shape index (κ2) is 8.80. The molecule has 9 atom stereocenters. The van der Waals surface area contributed by atoms with E-state index in [4.69, 9.17) is 4.74 Å². The summed E-state index contributed by atoms with van der Waals surface area (Å²) in [4.78, 5) is 11.5. The van der Waals surface area contributed by atoms with Crippen molar-refractivity contribution in [2.24, 2.45) is 40.4 Å². The van der Waals surface area contributed by atoms with E-state index in [1.54, 1.807) is 0 Å². The van der Waals surface area contributed by atoms with E-state index < -0.39 is 11.2 Å². The molecule has 4 aliphatic carbocycles. The van der Waals surface area contributed by atoms with Crippen LogP contribution in [0.1, 0.15) is 119 Å². The molecule has 0 radical (unpaired) electrons. The predicted molar refractivity (Wildman–Crippen MR) is 132 cm³/mol. The number of aliphatic hydroxyl groups is 2. The van der Waals surface area contributed by atoms with Crippen LogP contribution in [0.5, 0.6) is 0 Å². The Morgan fingerprint density at radius 3 is 2.24 bits per heavy atom. The van der Waals surface area contributed by atoms with Crippen molar-refractivity contribution in [1.29, 1.82) is 0 Å². The summed E-state index contributed by atoms with van der Waals surface area (Å²) >= 11 is 0. The quantitative estimate of drug-likeness (QED) is 0.457. The third kappa shape index (κ3) is 3.99. The molecular formula is C29H50O4. The molecule has 4 nitrogen and oxygen atoms in total. The standard InChI is InChI=1S/C29H50O4/c1-19(2)8-7-9-20(3)23-13-17-29(32)25-12-16-28(31)18-22(33-21(4)30)10-14-26(28,5)24(25)11-15-27(23,29)6/h19-20,22-25,31-32H,7-18H2,1-6H3/t20-,22+,23-,24+,25-,26-,27-,28-,29-/m1/s1. The molecule has 0 spiro atoms. The number of fused-ring (bicyclic) bond motifs is 5. The molecule has 0 aromatic carbocycles. The summed E-state index contributed by atoms with van der Waals surface area (Å²) in [5.41, 5.74) is -1.61. The van der Waals surface area contributed by atoms with Crippen molar-refractivity contribution in [2.75, 3.05) is 0 Å². The molecule has 0 aromatic heterocycles. The van der Waals surface area contributed by atoms with Crippen LogP contribution in [-0.4, -0.2) is 33.5 Å². The molecule has 4 fully saturated rings. The van der Waals surface area contributed by atoms with Gasteiger partial charge in [0.05, 0.1) is 11.2 Å². The smallest absolute Gasteiger partial charge is 0.302 e. The van der Waals surface area contributed by atoms with Crippen molar-refractivity contribution < 1.29 is 19.7 Å². The summed E-state index contributed by atoms with van der Waals surface area (Å²) in [6.07, 6.45) is 11.8. The highest BCUT2D eigenvalue weighted by Crippen LogP contribution is 2.70. The summed E-state index contributed by atoms with van der Waals surface area (Å²) in [7, 11) is 0. The lowest BCUT2D eigenvalue weighted by Crippen LogP contribution is -2.67. The average Bonchev–Trinajstić information content (AvgIpc) is 2.99. The van der Waals surface area contributed by atoms with E-state index >= 15 is 0 Å². The summed E-state index contributed by atoms with van der Waals surface area (Å²) in [6.45, 7) is 13.2. The van der Waals surface area contributed by atoms with Crippen molar-refractivity contribution in [3.63, 3.8) is 0 Å². The van der Waals surface area contributed by atoms with Gasteiger partial charge in [-0.3, -0.25) is 4.79 Å². The van der Waals surface area contributed by atoms with Gasteiger partial charge in [-0.25, -0.2) is 0 Å². The minimum Gasteiger partial charge on any atom is -0.462 e. The third-order valence-electron chi connectivity index (χ3n) is 11.5. The van der Waals surface area contributed by atoms with Gasteiger partial charge in [-0.2, -0.15) is 0 Å². The molecule has 4 aliphatic rings. The first-order valence-electron chi connectivity index (χ1n) is 14.0. The molecule has 0 amide bonds. The third-order valence-corrected chi connectivity index (χ3v) is 11.5. The molecular weight excluding hydrogens is 412 g/mol. The number of rotatable bonds is 6. The maximum absolute atomic E-state index is 12.4. The fraction of sp³-hybridized carbons (Fsp3) is 0.966. The van der Waals surface area contributed by atoms with Gasteiger partial charge in [-0.05, 0) is 91.8 Å². The van der Waals surface area contributed by atoms with Crippen molar-refractivity contribution in [3.8, 4) is 0 Å². The zero-order valence-electron chi connectivity index (χ0n) is 22.2. The lowest BCUT2D eigenvalue weighted by Gasteiger charge is -2.66. The highest BCUT2D eigenvalue weighted by molar-refractivity contribution is 5.66. The Hall–Kier alpha value is -0.610. The highest BCUT2D eigenvalue weighted by Gasteiger charge is 2.70. The van der Waals surface area contributed by atoms with Crippen molar-refractivity contribution >= 4 is 5.97 Å². The summed E-state index contributed by atoms with van der Waals surface area (Å²) in [5, 5.41) is 24.3. The largest absolute Gasteiger partial charge is 0.462 e. The topological polar surface area (TPSA) is 66.8 Å². The number of carbonyl (C=O) groups is 1. The summed E-state index contributed by atoms with van der Waals surface area (Å²) < 4.78 is 5.53. The van der Waals surface area contributed by atoms with Gasteiger partial charge in [0, 0.05) is 13.3 Å². The predicted octanol–water partition coefficient (Wildman–Crippen LogP) is 6.27. The van der Waals surface area contributed by atoms with Crippen LogP contribution in [0.25, 0.3) is 0 Å². The van der Waals surface area contributed by atoms with E-state index in [2.05, 4.69) is 34.6 Å². The van der Waals surface area contributed by atoms with E-state index in [1.165, 1.54) is 26.2 Å². The molecule has 4 rings (SSSR count). The van der Waals surface area contributed by atoms with Crippen LogP contribution in [0.15, 0.2) is 0 Å². The number of carbonyl (C=O) groups excluding carboxylic acids is 1. The second-order valence-corrected chi connectivity index (χ2v) is 13.5. The van der Waals surface area contributed by atoms with E-state index in [0.717, 1.165) is 57.3 Å². The Kier molecular flexibility index (Phi) is 6.80. The lowest BCUT2D eigenvalue weighted by atomic mass is 9.41. The van der Waals surface area contributed by atoms with Gasteiger partial charge >= 0.3 is 5.97 Å². The first-order valence-corrected chi connectivity index (χ1v) is 14.0. The Balaban J connectivity index is 1.52. The molecule has 0 heterocycles. The minimum atomic E-state index is -0.793. The number of ether oxygens (including phenoxy) is 1. The van der Waals surface area contributed by atoms with Crippen molar-refractivity contribution in [2.45, 2.75) is 136 Å². The van der Waals surface area contributed by atoms with Crippen LogP contribution in [0.2, 0.25) is 0 Å². The van der Waals surface area contributed by atoms with Crippen LogP contribution >= 0.6 is 0 Å². The number of hydrogen-bond donors (Lipinski definition) is 2. The highest BCUT2D eigenvalue weighted by atomic mass is 16.5. The van der Waals surface area contributed by atoms with Crippen LogP contribution in [0.3, 0.4) is 0 Å². The summed E-state index contributed by atoms with van der Waals surface area (Å²) in [6, 6.07) is 0. The molecule has 0 saturated heterocycles. The Morgan fingerprint density at radius 1 is 0.909 bits per heavy atom. The van der Waals surface area contributed by atoms with Gasteiger partial charge in [0.15, 0.2) is 0 Å². The van der Waals surface area contributed by atoms with Crippen LogP contribution in [0.4, 0.5) is 0 Å². The number of hydrogen-bond acceptors (Lipinski definition) is 4. The molecule has 0 aliphatic heterocycles. The average molecular weight is 463 g/mol. The Morgan fingerprint density at radius 2 is 1.58 bits per heavy atom. The van der Waals surface area contributed by atoms with Gasteiger partial charge in [-0.1, -0.05) is 53.9 Å². The second-order valence-electron chi connectivity index (χ2n) is 13.5. The van der Waals surface area contributed by atoms with E-state index in [0.29, 0.717) is 24.2 Å². The number of esters is 1. The molecule has 190 valence electrons. The molecule has 0 bridgehead atoms.